The van der Waals surface area contributed by atoms with Crippen molar-refractivity contribution in [2.45, 2.75) is 38.2 Å². The molecular formula is C13H17NO4S. The van der Waals surface area contributed by atoms with Gasteiger partial charge in [-0.15, -0.1) is 11.3 Å². The molecule has 0 radical (unpaired) electrons. The van der Waals surface area contributed by atoms with Crippen LogP contribution in [0.2, 0.25) is 0 Å². The van der Waals surface area contributed by atoms with Gasteiger partial charge < -0.3 is 15.2 Å². The van der Waals surface area contributed by atoms with Crippen molar-refractivity contribution in [3.8, 4) is 0 Å². The van der Waals surface area contributed by atoms with Crippen LogP contribution in [0.4, 0.5) is 5.69 Å². The Morgan fingerprint density at radius 2 is 2.21 bits per heavy atom. The highest BCUT2D eigenvalue weighted by Crippen LogP contribution is 2.38. The van der Waals surface area contributed by atoms with Gasteiger partial charge in [-0.25, -0.2) is 4.79 Å². The number of rotatable bonds is 5. The molecule has 0 bridgehead atoms. The molecule has 1 aliphatic carbocycles. The van der Waals surface area contributed by atoms with Gasteiger partial charge in [-0.3, -0.25) is 4.79 Å². The number of aryl methyl sites for hydroxylation is 1. The van der Waals surface area contributed by atoms with Gasteiger partial charge in [-0.1, -0.05) is 0 Å². The predicted molar refractivity (Wildman–Crippen MR) is 72.9 cm³/mol. The second-order valence-corrected chi connectivity index (χ2v) is 5.77. The van der Waals surface area contributed by atoms with Crippen molar-refractivity contribution in [1.29, 1.82) is 0 Å². The zero-order chi connectivity index (χ0) is 14.0. The third-order valence-electron chi connectivity index (χ3n) is 3.61. The summed E-state index contributed by atoms with van der Waals surface area (Å²) in [5.74, 6) is -1.20. The first-order valence-corrected chi connectivity index (χ1v) is 7.02. The molecule has 0 aromatic carbocycles. The van der Waals surface area contributed by atoms with E-state index in [1.807, 2.05) is 0 Å². The number of hydrogen-bond donors (Lipinski definition) is 2. The fourth-order valence-electron chi connectivity index (χ4n) is 2.26. The summed E-state index contributed by atoms with van der Waals surface area (Å²) in [6.45, 7) is 1.79. The number of anilines is 1. The van der Waals surface area contributed by atoms with Gasteiger partial charge in [0.15, 0.2) is 0 Å². The van der Waals surface area contributed by atoms with E-state index in [2.05, 4.69) is 5.32 Å². The summed E-state index contributed by atoms with van der Waals surface area (Å²) in [7, 11) is 1.62. The van der Waals surface area contributed by atoms with Gasteiger partial charge in [0.25, 0.3) is 0 Å². The molecule has 1 aromatic rings. The summed E-state index contributed by atoms with van der Waals surface area (Å²) < 4.78 is 5.40. The van der Waals surface area contributed by atoms with Crippen molar-refractivity contribution in [3.05, 3.63) is 15.8 Å². The lowest BCUT2D eigenvalue weighted by Crippen LogP contribution is -2.42. The Morgan fingerprint density at radius 3 is 2.68 bits per heavy atom. The number of ether oxygens (including phenoxy) is 1. The van der Waals surface area contributed by atoms with E-state index in [-0.39, 0.29) is 22.8 Å². The summed E-state index contributed by atoms with van der Waals surface area (Å²) in [5.41, 5.74) is 0.834. The zero-order valence-corrected chi connectivity index (χ0v) is 11.8. The van der Waals surface area contributed by atoms with Crippen LogP contribution in [0.5, 0.6) is 0 Å². The molecule has 1 saturated carbocycles. The second-order valence-electron chi connectivity index (χ2n) is 4.89. The maximum Gasteiger partial charge on any atom is 0.348 e. The Hall–Kier alpha value is -1.40. The number of aromatic carboxylic acids is 1. The molecule has 2 rings (SSSR count). The number of amides is 1. The molecule has 1 aliphatic rings. The summed E-state index contributed by atoms with van der Waals surface area (Å²) in [5, 5.41) is 13.5. The van der Waals surface area contributed by atoms with E-state index in [9.17, 15) is 9.59 Å². The summed E-state index contributed by atoms with van der Waals surface area (Å²) in [6.07, 6.45) is 3.10. The number of carbonyl (C=O) groups is 2. The first-order valence-electron chi connectivity index (χ1n) is 6.14. The normalized spacial score (nSPS) is 16.7. The van der Waals surface area contributed by atoms with Crippen LogP contribution in [0.1, 0.15) is 40.9 Å². The number of hydrogen-bond acceptors (Lipinski definition) is 4. The van der Waals surface area contributed by atoms with Crippen molar-refractivity contribution < 1.29 is 19.4 Å². The van der Waals surface area contributed by atoms with Crippen LogP contribution in [-0.4, -0.2) is 29.7 Å². The number of nitrogens with one attached hydrogen (secondary N) is 1. The number of thiophene rings is 1. The van der Waals surface area contributed by atoms with Gasteiger partial charge in [0.2, 0.25) is 5.91 Å². The molecule has 1 amide bonds. The van der Waals surface area contributed by atoms with Gasteiger partial charge >= 0.3 is 5.97 Å². The minimum Gasteiger partial charge on any atom is -0.477 e. The highest BCUT2D eigenvalue weighted by molar-refractivity contribution is 7.12. The third-order valence-corrected chi connectivity index (χ3v) is 4.70. The molecule has 6 heteroatoms. The van der Waals surface area contributed by atoms with Crippen molar-refractivity contribution >= 4 is 28.9 Å². The monoisotopic (exact) mass is 283 g/mol. The molecule has 1 heterocycles. The Labute approximate surface area is 115 Å². The van der Waals surface area contributed by atoms with Gasteiger partial charge in [0.1, 0.15) is 4.88 Å². The lowest BCUT2D eigenvalue weighted by Gasteiger charge is -2.39. The number of methoxy groups -OCH3 is 1. The zero-order valence-electron chi connectivity index (χ0n) is 11.0. The standard InChI is InChI=1S/C13H17NO4S/c1-8-7-19-11(12(16)17)10(8)14-9(15)6-13(18-2)4-3-5-13/h7H,3-6H2,1-2H3,(H,14,15)(H,16,17). The molecule has 1 aromatic heterocycles. The molecule has 0 atom stereocenters. The Balaban J connectivity index is 2.07. The van der Waals surface area contributed by atoms with Crippen LogP contribution in [-0.2, 0) is 9.53 Å². The highest BCUT2D eigenvalue weighted by Gasteiger charge is 2.39. The first kappa shape index (κ1) is 14.0. The van der Waals surface area contributed by atoms with Crippen molar-refractivity contribution in [2.75, 3.05) is 12.4 Å². The molecular weight excluding hydrogens is 266 g/mol. The fraction of sp³-hybridized carbons (Fsp3) is 0.538. The van der Waals surface area contributed by atoms with Crippen molar-refractivity contribution in [3.63, 3.8) is 0 Å². The van der Waals surface area contributed by atoms with E-state index in [1.54, 1.807) is 19.4 Å². The molecule has 1 fully saturated rings. The third kappa shape index (κ3) is 2.79. The van der Waals surface area contributed by atoms with Crippen LogP contribution in [0.3, 0.4) is 0 Å². The minimum atomic E-state index is -1.02. The highest BCUT2D eigenvalue weighted by atomic mass is 32.1. The van der Waals surface area contributed by atoms with Crippen LogP contribution in [0.15, 0.2) is 5.38 Å². The lowest BCUT2D eigenvalue weighted by molar-refractivity contribution is -0.129. The summed E-state index contributed by atoms with van der Waals surface area (Å²) in [6, 6.07) is 0. The summed E-state index contributed by atoms with van der Waals surface area (Å²) >= 11 is 1.12. The van der Waals surface area contributed by atoms with Crippen molar-refractivity contribution in [2.24, 2.45) is 0 Å². The molecule has 2 N–H and O–H groups in total. The van der Waals surface area contributed by atoms with E-state index in [1.165, 1.54) is 0 Å². The predicted octanol–water partition coefficient (Wildman–Crippen LogP) is 2.65. The van der Waals surface area contributed by atoms with E-state index < -0.39 is 5.97 Å². The number of carboxylic acids is 1. The minimum absolute atomic E-state index is 0.172. The molecule has 0 unspecified atom stereocenters. The summed E-state index contributed by atoms with van der Waals surface area (Å²) in [4.78, 5) is 23.3. The van der Waals surface area contributed by atoms with E-state index in [0.29, 0.717) is 5.69 Å². The topological polar surface area (TPSA) is 75.6 Å². The second kappa shape index (κ2) is 5.30. The average molecular weight is 283 g/mol. The Morgan fingerprint density at radius 1 is 1.53 bits per heavy atom. The molecule has 0 spiro atoms. The van der Waals surface area contributed by atoms with Gasteiger partial charge in [0, 0.05) is 7.11 Å². The van der Waals surface area contributed by atoms with Crippen molar-refractivity contribution in [1.82, 2.24) is 0 Å². The SMILES string of the molecule is COC1(CC(=O)Nc2c(C)csc2C(=O)O)CCC1. The molecule has 0 saturated heterocycles. The molecule has 0 aliphatic heterocycles. The lowest BCUT2D eigenvalue weighted by atomic mass is 9.77. The van der Waals surface area contributed by atoms with E-state index in [0.717, 1.165) is 36.2 Å². The maximum atomic E-state index is 12.0. The number of carbonyl (C=O) groups excluding carboxylic acids is 1. The van der Waals surface area contributed by atoms with E-state index >= 15 is 0 Å². The van der Waals surface area contributed by atoms with Crippen LogP contribution in [0.25, 0.3) is 0 Å². The van der Waals surface area contributed by atoms with Crippen LogP contribution < -0.4 is 5.32 Å². The number of carboxylic acid groups (broad SMARTS) is 1. The quantitative estimate of drug-likeness (QED) is 0.871. The fourth-order valence-corrected chi connectivity index (χ4v) is 3.10. The first-order chi connectivity index (χ1) is 8.97. The van der Waals surface area contributed by atoms with Gasteiger partial charge in [-0.05, 0) is 37.1 Å². The van der Waals surface area contributed by atoms with Crippen LogP contribution in [0, 0.1) is 6.92 Å². The Bertz CT molecular complexity index is 499. The van der Waals surface area contributed by atoms with E-state index in [4.69, 9.17) is 9.84 Å². The average Bonchev–Trinajstić information content (AvgIpc) is 2.66. The molecule has 104 valence electrons. The largest absolute Gasteiger partial charge is 0.477 e. The maximum absolute atomic E-state index is 12.0. The van der Waals surface area contributed by atoms with Gasteiger partial charge in [-0.2, -0.15) is 0 Å². The molecule has 5 nitrogen and oxygen atoms in total. The smallest absolute Gasteiger partial charge is 0.348 e. The Kier molecular flexibility index (Phi) is 3.91. The van der Waals surface area contributed by atoms with Crippen LogP contribution >= 0.6 is 11.3 Å². The van der Waals surface area contributed by atoms with Gasteiger partial charge in [0.05, 0.1) is 17.7 Å². The molecule has 19 heavy (non-hydrogen) atoms.